The Morgan fingerprint density at radius 3 is 2.43 bits per heavy atom. The van der Waals surface area contributed by atoms with E-state index in [9.17, 15) is 0 Å². The van der Waals surface area contributed by atoms with Gasteiger partial charge in [-0.3, -0.25) is 4.90 Å². The molecule has 0 aliphatic carbocycles. The van der Waals surface area contributed by atoms with Crippen molar-refractivity contribution in [2.75, 3.05) is 44.2 Å². The average Bonchev–Trinajstić information content (AvgIpc) is 2.98. The highest BCUT2D eigenvalue weighted by atomic mass is 35.5. The van der Waals surface area contributed by atoms with Crippen molar-refractivity contribution in [2.24, 2.45) is 0 Å². The number of nitrogens with zero attached hydrogens (tertiary/aromatic N) is 2. The quantitative estimate of drug-likeness (QED) is 0.922. The maximum Gasteiger partial charge on any atom is 0.0407 e. The molecule has 0 spiro atoms. The summed E-state index contributed by atoms with van der Waals surface area (Å²) in [5.74, 6) is 0. The molecule has 1 unspecified atom stereocenters. The first-order valence-corrected chi connectivity index (χ1v) is 8.56. The van der Waals surface area contributed by atoms with Crippen LogP contribution in [0.15, 0.2) is 24.3 Å². The van der Waals surface area contributed by atoms with Gasteiger partial charge in [-0.2, -0.15) is 0 Å². The Balaban J connectivity index is 1.54. The minimum atomic E-state index is 0.377. The molecule has 0 aromatic heterocycles. The van der Waals surface area contributed by atoms with Gasteiger partial charge in [0.15, 0.2) is 0 Å². The lowest BCUT2D eigenvalue weighted by Gasteiger charge is -2.41. The molecule has 116 valence electrons. The van der Waals surface area contributed by atoms with Gasteiger partial charge in [0.2, 0.25) is 0 Å². The Hall–Kier alpha value is -0.770. The first-order chi connectivity index (χ1) is 10.2. The number of piperazine rings is 1. The van der Waals surface area contributed by atoms with Crippen LogP contribution in [0.25, 0.3) is 0 Å². The van der Waals surface area contributed by atoms with Crippen molar-refractivity contribution in [1.82, 2.24) is 10.2 Å². The summed E-state index contributed by atoms with van der Waals surface area (Å²) in [6, 6.07) is 8.23. The highest BCUT2D eigenvalue weighted by molar-refractivity contribution is 6.30. The monoisotopic (exact) mass is 307 g/mol. The summed E-state index contributed by atoms with van der Waals surface area (Å²) in [6.45, 7) is 9.26. The van der Waals surface area contributed by atoms with Crippen LogP contribution in [0.2, 0.25) is 5.02 Å². The first-order valence-electron chi connectivity index (χ1n) is 8.19. The van der Waals surface area contributed by atoms with E-state index in [1.807, 2.05) is 12.1 Å². The Bertz CT molecular complexity index is 446. The molecule has 3 nitrogen and oxygen atoms in total. The summed E-state index contributed by atoms with van der Waals surface area (Å²) in [6.07, 6.45) is 3.91. The maximum absolute atomic E-state index is 5.97. The van der Waals surface area contributed by atoms with Crippen molar-refractivity contribution < 1.29 is 0 Å². The van der Waals surface area contributed by atoms with Crippen LogP contribution in [0.3, 0.4) is 0 Å². The third-order valence-electron chi connectivity index (χ3n) is 5.10. The summed E-state index contributed by atoms with van der Waals surface area (Å²) < 4.78 is 0. The van der Waals surface area contributed by atoms with Gasteiger partial charge < -0.3 is 10.2 Å². The number of nitrogens with one attached hydrogen (secondary N) is 1. The van der Waals surface area contributed by atoms with E-state index >= 15 is 0 Å². The molecule has 2 aliphatic heterocycles. The van der Waals surface area contributed by atoms with Gasteiger partial charge in [-0.15, -0.1) is 0 Å². The Morgan fingerprint density at radius 2 is 1.86 bits per heavy atom. The lowest BCUT2D eigenvalue weighted by Crippen LogP contribution is -2.55. The van der Waals surface area contributed by atoms with Gasteiger partial charge in [0.1, 0.15) is 0 Å². The standard InChI is InChI=1S/C17H26ClN3/c1-2-17(8-3-9-19-17)14-20-10-12-21(13-11-20)16-6-4-15(18)5-7-16/h4-7,19H,2-3,8-14H2,1H3. The number of hydrogen-bond donors (Lipinski definition) is 1. The van der Waals surface area contributed by atoms with Crippen molar-refractivity contribution in [3.8, 4) is 0 Å². The molecule has 2 fully saturated rings. The summed E-state index contributed by atoms with van der Waals surface area (Å²) >= 11 is 5.97. The highest BCUT2D eigenvalue weighted by Crippen LogP contribution is 2.25. The SMILES string of the molecule is CCC1(CN2CCN(c3ccc(Cl)cc3)CC2)CCCN1. The molecule has 1 atom stereocenters. The molecule has 2 heterocycles. The van der Waals surface area contributed by atoms with Gasteiger partial charge in [0.05, 0.1) is 0 Å². The van der Waals surface area contributed by atoms with Crippen LogP contribution in [0.4, 0.5) is 5.69 Å². The fraction of sp³-hybridized carbons (Fsp3) is 0.647. The van der Waals surface area contributed by atoms with Crippen LogP contribution >= 0.6 is 11.6 Å². The second kappa shape index (κ2) is 6.55. The summed E-state index contributed by atoms with van der Waals surface area (Å²) in [4.78, 5) is 5.10. The fourth-order valence-electron chi connectivity index (χ4n) is 3.66. The van der Waals surface area contributed by atoms with Crippen LogP contribution in [0.5, 0.6) is 0 Å². The van der Waals surface area contributed by atoms with E-state index in [1.54, 1.807) is 0 Å². The van der Waals surface area contributed by atoms with Gasteiger partial charge in [-0.25, -0.2) is 0 Å². The topological polar surface area (TPSA) is 18.5 Å². The van der Waals surface area contributed by atoms with E-state index in [0.29, 0.717) is 5.54 Å². The molecule has 0 amide bonds. The van der Waals surface area contributed by atoms with Gasteiger partial charge in [-0.05, 0) is 50.1 Å². The molecule has 0 saturated carbocycles. The van der Waals surface area contributed by atoms with Crippen molar-refractivity contribution in [2.45, 2.75) is 31.7 Å². The molecule has 1 aromatic carbocycles. The second-order valence-electron chi connectivity index (χ2n) is 6.40. The molecule has 1 N–H and O–H groups in total. The molecule has 0 radical (unpaired) electrons. The number of halogens is 1. The van der Waals surface area contributed by atoms with Gasteiger partial charge in [0.25, 0.3) is 0 Å². The van der Waals surface area contributed by atoms with E-state index in [-0.39, 0.29) is 0 Å². The third-order valence-corrected chi connectivity index (χ3v) is 5.35. The lowest BCUT2D eigenvalue weighted by molar-refractivity contribution is 0.179. The number of anilines is 1. The number of benzene rings is 1. The van der Waals surface area contributed by atoms with Crippen molar-refractivity contribution in [3.63, 3.8) is 0 Å². The largest absolute Gasteiger partial charge is 0.369 e. The molecular formula is C17H26ClN3. The van der Waals surface area contributed by atoms with Crippen LogP contribution in [0, 0.1) is 0 Å². The Kier molecular flexibility index (Phi) is 4.72. The third kappa shape index (κ3) is 3.53. The molecule has 21 heavy (non-hydrogen) atoms. The first kappa shape index (κ1) is 15.1. The molecule has 1 aromatic rings. The Labute approximate surface area is 133 Å². The zero-order valence-corrected chi connectivity index (χ0v) is 13.7. The minimum Gasteiger partial charge on any atom is -0.369 e. The highest BCUT2D eigenvalue weighted by Gasteiger charge is 2.34. The van der Waals surface area contributed by atoms with Crippen molar-refractivity contribution in [3.05, 3.63) is 29.3 Å². The maximum atomic E-state index is 5.97. The fourth-order valence-corrected chi connectivity index (χ4v) is 3.79. The van der Waals surface area contributed by atoms with Gasteiger partial charge >= 0.3 is 0 Å². The van der Waals surface area contributed by atoms with Crippen molar-refractivity contribution >= 4 is 17.3 Å². The van der Waals surface area contributed by atoms with Gasteiger partial charge in [0, 0.05) is 49.0 Å². The molecule has 2 aliphatic rings. The van der Waals surface area contributed by atoms with E-state index < -0.39 is 0 Å². The van der Waals surface area contributed by atoms with E-state index in [2.05, 4.69) is 34.2 Å². The molecule has 2 saturated heterocycles. The van der Waals surface area contributed by atoms with Crippen molar-refractivity contribution in [1.29, 1.82) is 0 Å². The number of rotatable bonds is 4. The van der Waals surface area contributed by atoms with E-state index in [4.69, 9.17) is 11.6 Å². The van der Waals surface area contributed by atoms with E-state index in [0.717, 1.165) is 31.2 Å². The zero-order chi connectivity index (χ0) is 14.7. The summed E-state index contributed by atoms with van der Waals surface area (Å²) in [7, 11) is 0. The molecular weight excluding hydrogens is 282 g/mol. The second-order valence-corrected chi connectivity index (χ2v) is 6.84. The molecule has 3 rings (SSSR count). The predicted octanol–water partition coefficient (Wildman–Crippen LogP) is 2.99. The smallest absolute Gasteiger partial charge is 0.0407 e. The number of hydrogen-bond acceptors (Lipinski definition) is 3. The molecule has 0 bridgehead atoms. The minimum absolute atomic E-state index is 0.377. The van der Waals surface area contributed by atoms with E-state index in [1.165, 1.54) is 38.0 Å². The van der Waals surface area contributed by atoms with Gasteiger partial charge in [-0.1, -0.05) is 18.5 Å². The summed E-state index contributed by atoms with van der Waals surface area (Å²) in [5.41, 5.74) is 1.67. The molecule has 4 heteroatoms. The Morgan fingerprint density at radius 1 is 1.14 bits per heavy atom. The predicted molar refractivity (Wildman–Crippen MR) is 90.4 cm³/mol. The zero-order valence-electron chi connectivity index (χ0n) is 12.9. The van der Waals surface area contributed by atoms with Crippen LogP contribution in [0.1, 0.15) is 26.2 Å². The summed E-state index contributed by atoms with van der Waals surface area (Å²) in [5, 5.41) is 4.56. The average molecular weight is 308 g/mol. The lowest BCUT2D eigenvalue weighted by atomic mass is 9.93. The van der Waals surface area contributed by atoms with Crippen LogP contribution in [-0.2, 0) is 0 Å². The van der Waals surface area contributed by atoms with Crippen LogP contribution in [-0.4, -0.2) is 49.7 Å². The van der Waals surface area contributed by atoms with Crippen LogP contribution < -0.4 is 10.2 Å². The normalized spacial score (nSPS) is 27.2.